The highest BCUT2D eigenvalue weighted by Crippen LogP contribution is 2.29. The van der Waals surface area contributed by atoms with E-state index in [0.29, 0.717) is 5.75 Å². The zero-order chi connectivity index (χ0) is 14.5. The summed E-state index contributed by atoms with van der Waals surface area (Å²) < 4.78 is 5.51. The molecule has 0 saturated carbocycles. The first-order valence-electron chi connectivity index (χ1n) is 5.95. The van der Waals surface area contributed by atoms with Gasteiger partial charge in [-0.05, 0) is 11.6 Å². The maximum Gasteiger partial charge on any atom is 0.271 e. The van der Waals surface area contributed by atoms with Gasteiger partial charge in [-0.1, -0.05) is 41.9 Å². The van der Waals surface area contributed by atoms with Crippen LogP contribution in [0.3, 0.4) is 0 Å². The number of rotatable bonds is 5. The quantitative estimate of drug-likeness (QED) is 0.677. The van der Waals surface area contributed by atoms with Crippen molar-refractivity contribution in [2.24, 2.45) is 5.73 Å². The second-order valence-corrected chi connectivity index (χ2v) is 4.61. The first-order valence-corrected chi connectivity index (χ1v) is 6.33. The predicted molar refractivity (Wildman–Crippen MR) is 77.0 cm³/mol. The van der Waals surface area contributed by atoms with E-state index in [2.05, 4.69) is 0 Å². The molecule has 6 heteroatoms. The fourth-order valence-corrected chi connectivity index (χ4v) is 1.93. The van der Waals surface area contributed by atoms with Gasteiger partial charge in [0.05, 0.1) is 16.0 Å². The number of non-ortho nitro benzene ring substituents is 1. The maximum absolute atomic E-state index is 10.6. The Labute approximate surface area is 121 Å². The molecule has 0 fully saturated rings. The molecule has 0 aliphatic rings. The minimum Gasteiger partial charge on any atom is -0.490 e. The summed E-state index contributed by atoms with van der Waals surface area (Å²) in [6, 6.07) is 13.3. The largest absolute Gasteiger partial charge is 0.490 e. The van der Waals surface area contributed by atoms with Crippen molar-refractivity contribution in [2.45, 2.75) is 6.04 Å². The van der Waals surface area contributed by atoms with E-state index in [0.717, 1.165) is 5.56 Å². The van der Waals surface area contributed by atoms with Gasteiger partial charge in [-0.25, -0.2) is 0 Å². The highest BCUT2D eigenvalue weighted by molar-refractivity contribution is 6.32. The van der Waals surface area contributed by atoms with Crippen molar-refractivity contribution in [1.82, 2.24) is 0 Å². The molecule has 0 amide bonds. The van der Waals surface area contributed by atoms with Crippen LogP contribution in [0.4, 0.5) is 5.69 Å². The minimum absolute atomic E-state index is 0.0743. The summed E-state index contributed by atoms with van der Waals surface area (Å²) in [5, 5.41) is 10.8. The third-order valence-corrected chi connectivity index (χ3v) is 3.07. The van der Waals surface area contributed by atoms with Crippen LogP contribution >= 0.6 is 11.6 Å². The molecule has 5 nitrogen and oxygen atoms in total. The van der Waals surface area contributed by atoms with Crippen molar-refractivity contribution >= 4 is 17.3 Å². The summed E-state index contributed by atoms with van der Waals surface area (Å²) in [6.07, 6.45) is 0. The van der Waals surface area contributed by atoms with Gasteiger partial charge in [0.2, 0.25) is 0 Å². The van der Waals surface area contributed by atoms with E-state index in [1.807, 2.05) is 30.3 Å². The number of halogens is 1. The lowest BCUT2D eigenvalue weighted by Gasteiger charge is -2.14. The maximum atomic E-state index is 10.6. The Hall–Kier alpha value is -2.11. The molecular weight excluding hydrogens is 280 g/mol. The number of ether oxygens (including phenoxy) is 1. The SMILES string of the molecule is NC(COc1ccc([N+](=O)[O-])cc1Cl)c1ccccc1. The number of nitro groups is 1. The van der Waals surface area contributed by atoms with E-state index in [4.69, 9.17) is 22.1 Å². The van der Waals surface area contributed by atoms with Crippen LogP contribution < -0.4 is 10.5 Å². The highest BCUT2D eigenvalue weighted by Gasteiger charge is 2.12. The molecule has 0 saturated heterocycles. The summed E-state index contributed by atoms with van der Waals surface area (Å²) in [5.74, 6) is 0.378. The fourth-order valence-electron chi connectivity index (χ4n) is 1.70. The van der Waals surface area contributed by atoms with Gasteiger partial charge in [-0.15, -0.1) is 0 Å². The molecular formula is C14H13ClN2O3. The predicted octanol–water partition coefficient (Wildman–Crippen LogP) is 3.33. The van der Waals surface area contributed by atoms with Crippen LogP contribution in [0.25, 0.3) is 0 Å². The molecule has 0 radical (unpaired) electrons. The second-order valence-electron chi connectivity index (χ2n) is 4.20. The van der Waals surface area contributed by atoms with E-state index in [1.165, 1.54) is 18.2 Å². The molecule has 2 aromatic rings. The first-order chi connectivity index (χ1) is 9.58. The monoisotopic (exact) mass is 292 g/mol. The van der Waals surface area contributed by atoms with E-state index in [-0.39, 0.29) is 23.4 Å². The van der Waals surface area contributed by atoms with Gasteiger partial charge in [-0.3, -0.25) is 10.1 Å². The number of hydrogen-bond acceptors (Lipinski definition) is 4. The molecule has 1 unspecified atom stereocenters. The van der Waals surface area contributed by atoms with Crippen LogP contribution in [0.5, 0.6) is 5.75 Å². The summed E-state index contributed by atoms with van der Waals surface area (Å²) in [6.45, 7) is 0.238. The lowest BCUT2D eigenvalue weighted by Crippen LogP contribution is -2.18. The first kappa shape index (κ1) is 14.3. The molecule has 0 aliphatic carbocycles. The Kier molecular flexibility index (Phi) is 4.55. The summed E-state index contributed by atoms with van der Waals surface area (Å²) in [5.41, 5.74) is 6.87. The van der Waals surface area contributed by atoms with Gasteiger partial charge in [0.25, 0.3) is 5.69 Å². The van der Waals surface area contributed by atoms with Crippen molar-refractivity contribution < 1.29 is 9.66 Å². The Morgan fingerprint density at radius 2 is 1.95 bits per heavy atom. The Morgan fingerprint density at radius 3 is 2.55 bits per heavy atom. The molecule has 1 atom stereocenters. The molecule has 104 valence electrons. The topological polar surface area (TPSA) is 78.4 Å². The minimum atomic E-state index is -0.509. The third kappa shape index (κ3) is 3.46. The molecule has 2 rings (SSSR count). The lowest BCUT2D eigenvalue weighted by molar-refractivity contribution is -0.384. The molecule has 0 spiro atoms. The third-order valence-electron chi connectivity index (χ3n) is 2.77. The average Bonchev–Trinajstić information content (AvgIpc) is 2.46. The van der Waals surface area contributed by atoms with Gasteiger partial charge < -0.3 is 10.5 Å². The Balaban J connectivity index is 2.02. The van der Waals surface area contributed by atoms with Crippen molar-refractivity contribution in [1.29, 1.82) is 0 Å². The van der Waals surface area contributed by atoms with Crippen molar-refractivity contribution in [2.75, 3.05) is 6.61 Å². The zero-order valence-corrected chi connectivity index (χ0v) is 11.3. The molecule has 2 N–H and O–H groups in total. The van der Waals surface area contributed by atoms with Crippen molar-refractivity contribution in [3.63, 3.8) is 0 Å². The average molecular weight is 293 g/mol. The van der Waals surface area contributed by atoms with E-state index < -0.39 is 4.92 Å². The number of nitrogens with zero attached hydrogens (tertiary/aromatic N) is 1. The van der Waals surface area contributed by atoms with E-state index in [1.54, 1.807) is 0 Å². The Bertz CT molecular complexity index is 605. The van der Waals surface area contributed by atoms with Crippen LogP contribution in [0.2, 0.25) is 5.02 Å². The van der Waals surface area contributed by atoms with Gasteiger partial charge in [-0.2, -0.15) is 0 Å². The van der Waals surface area contributed by atoms with E-state index in [9.17, 15) is 10.1 Å². The van der Waals surface area contributed by atoms with Gasteiger partial charge >= 0.3 is 0 Å². The summed E-state index contributed by atoms with van der Waals surface area (Å²) >= 11 is 5.93. The lowest BCUT2D eigenvalue weighted by atomic mass is 10.1. The van der Waals surface area contributed by atoms with Gasteiger partial charge in [0.1, 0.15) is 12.4 Å². The zero-order valence-electron chi connectivity index (χ0n) is 10.5. The number of benzene rings is 2. The van der Waals surface area contributed by atoms with Crippen molar-refractivity contribution in [3.05, 3.63) is 69.2 Å². The number of nitrogens with two attached hydrogens (primary N) is 1. The number of hydrogen-bond donors (Lipinski definition) is 1. The molecule has 20 heavy (non-hydrogen) atoms. The van der Waals surface area contributed by atoms with Crippen LogP contribution in [0, 0.1) is 10.1 Å². The normalized spacial score (nSPS) is 11.9. The highest BCUT2D eigenvalue weighted by atomic mass is 35.5. The van der Waals surface area contributed by atoms with Crippen LogP contribution in [0.1, 0.15) is 11.6 Å². The number of nitro benzene ring substituents is 1. The second kappa shape index (κ2) is 6.36. The molecule has 0 aliphatic heterocycles. The summed E-state index contributed by atoms with van der Waals surface area (Å²) in [4.78, 5) is 10.1. The van der Waals surface area contributed by atoms with Gasteiger partial charge in [0, 0.05) is 12.1 Å². The smallest absolute Gasteiger partial charge is 0.271 e. The van der Waals surface area contributed by atoms with Crippen LogP contribution in [-0.2, 0) is 0 Å². The molecule has 0 heterocycles. The fraction of sp³-hybridized carbons (Fsp3) is 0.143. The molecule has 0 aromatic heterocycles. The van der Waals surface area contributed by atoms with Crippen LogP contribution in [0.15, 0.2) is 48.5 Å². The van der Waals surface area contributed by atoms with Crippen molar-refractivity contribution in [3.8, 4) is 5.75 Å². The summed E-state index contributed by atoms with van der Waals surface area (Å²) in [7, 11) is 0. The van der Waals surface area contributed by atoms with Crippen LogP contribution in [-0.4, -0.2) is 11.5 Å². The standard InChI is InChI=1S/C14H13ClN2O3/c15-12-8-11(17(18)19)6-7-14(12)20-9-13(16)10-4-2-1-3-5-10/h1-8,13H,9,16H2. The van der Waals surface area contributed by atoms with Gasteiger partial charge in [0.15, 0.2) is 0 Å². The Morgan fingerprint density at radius 1 is 1.25 bits per heavy atom. The molecule has 2 aromatic carbocycles. The van der Waals surface area contributed by atoms with E-state index >= 15 is 0 Å². The molecule has 0 bridgehead atoms.